The molecule has 2 amide bonds. The van der Waals surface area contributed by atoms with Crippen LogP contribution < -0.4 is 0 Å². The van der Waals surface area contributed by atoms with Crippen LogP contribution in [0.15, 0.2) is 36.4 Å². The second kappa shape index (κ2) is 9.50. The summed E-state index contributed by atoms with van der Waals surface area (Å²) < 4.78 is 0. The standard InChI is InChI=1S/C22H23BrCl2N2O2/c1-14-9-15(2)11-17(10-14)22(29)26-7-8-27(21(28)5-6-23)20(13-26)16-3-4-18(24)19(25)12-16/h3-4,9-12,20H,5-8,13H2,1-2H3/t20-/m0/s1. The average Bonchev–Trinajstić information content (AvgIpc) is 2.68. The van der Waals surface area contributed by atoms with E-state index in [2.05, 4.69) is 15.9 Å². The third-order valence-electron chi connectivity index (χ3n) is 5.09. The molecular weight excluding hydrogens is 475 g/mol. The maximum atomic E-state index is 13.2. The normalized spacial score (nSPS) is 16.8. The van der Waals surface area contributed by atoms with Gasteiger partial charge in [-0.25, -0.2) is 0 Å². The molecular formula is C22H23BrCl2N2O2. The van der Waals surface area contributed by atoms with E-state index in [0.717, 1.165) is 16.7 Å². The summed E-state index contributed by atoms with van der Waals surface area (Å²) in [5, 5.41) is 1.50. The van der Waals surface area contributed by atoms with E-state index < -0.39 is 0 Å². The van der Waals surface area contributed by atoms with Gasteiger partial charge in [0.15, 0.2) is 0 Å². The molecule has 0 spiro atoms. The van der Waals surface area contributed by atoms with E-state index in [1.54, 1.807) is 12.1 Å². The van der Waals surface area contributed by atoms with Gasteiger partial charge in [0.2, 0.25) is 5.91 Å². The van der Waals surface area contributed by atoms with E-state index in [4.69, 9.17) is 23.2 Å². The molecule has 0 aromatic heterocycles. The molecule has 7 heteroatoms. The minimum absolute atomic E-state index is 0.0190. The first-order valence-electron chi connectivity index (χ1n) is 9.48. The first-order valence-corrected chi connectivity index (χ1v) is 11.4. The summed E-state index contributed by atoms with van der Waals surface area (Å²) in [5.41, 5.74) is 3.66. The van der Waals surface area contributed by atoms with Crippen LogP contribution in [0.5, 0.6) is 0 Å². The molecule has 2 aromatic carbocycles. The summed E-state index contributed by atoms with van der Waals surface area (Å²) in [4.78, 5) is 29.5. The molecule has 0 unspecified atom stereocenters. The van der Waals surface area contributed by atoms with E-state index in [0.29, 0.717) is 47.0 Å². The fourth-order valence-electron chi connectivity index (χ4n) is 3.78. The monoisotopic (exact) mass is 496 g/mol. The lowest BCUT2D eigenvalue weighted by atomic mass is 10.00. The van der Waals surface area contributed by atoms with Gasteiger partial charge in [0.25, 0.3) is 5.91 Å². The summed E-state index contributed by atoms with van der Waals surface area (Å²) in [6, 6.07) is 11.0. The third-order valence-corrected chi connectivity index (χ3v) is 6.23. The number of benzene rings is 2. The number of hydrogen-bond acceptors (Lipinski definition) is 2. The molecule has 0 radical (unpaired) electrons. The number of carbonyl (C=O) groups is 2. The van der Waals surface area contributed by atoms with E-state index in [1.807, 2.05) is 47.9 Å². The molecule has 0 saturated carbocycles. The third kappa shape index (κ3) is 5.14. The van der Waals surface area contributed by atoms with Gasteiger partial charge in [-0.15, -0.1) is 0 Å². The highest BCUT2D eigenvalue weighted by molar-refractivity contribution is 9.09. The van der Waals surface area contributed by atoms with Crippen molar-refractivity contribution in [3.63, 3.8) is 0 Å². The molecule has 0 bridgehead atoms. The molecule has 4 nitrogen and oxygen atoms in total. The zero-order chi connectivity index (χ0) is 21.1. The molecule has 0 N–H and O–H groups in total. The molecule has 1 atom stereocenters. The van der Waals surface area contributed by atoms with Crippen LogP contribution in [0.1, 0.15) is 39.5 Å². The Balaban J connectivity index is 1.91. The predicted octanol–water partition coefficient (Wildman–Crippen LogP) is 5.42. The van der Waals surface area contributed by atoms with Crippen molar-refractivity contribution in [2.45, 2.75) is 26.3 Å². The van der Waals surface area contributed by atoms with E-state index in [9.17, 15) is 9.59 Å². The Morgan fingerprint density at radius 3 is 2.34 bits per heavy atom. The maximum absolute atomic E-state index is 13.2. The number of rotatable bonds is 4. The molecule has 154 valence electrons. The van der Waals surface area contributed by atoms with Crippen LogP contribution in [-0.4, -0.2) is 46.6 Å². The molecule has 3 rings (SSSR count). The summed E-state index contributed by atoms with van der Waals surface area (Å²) in [6.45, 7) is 5.36. The Morgan fingerprint density at radius 2 is 1.72 bits per heavy atom. The average molecular weight is 498 g/mol. The number of amides is 2. The van der Waals surface area contributed by atoms with E-state index in [1.165, 1.54) is 0 Å². The SMILES string of the molecule is Cc1cc(C)cc(C(=O)N2CCN(C(=O)CCBr)[C@H](c3ccc(Cl)c(Cl)c3)C2)c1. The largest absolute Gasteiger partial charge is 0.334 e. The lowest BCUT2D eigenvalue weighted by molar-refractivity contribution is -0.135. The van der Waals surface area contributed by atoms with Crippen LogP contribution in [0, 0.1) is 13.8 Å². The molecule has 1 aliphatic rings. The Labute approximate surface area is 189 Å². The Bertz CT molecular complexity index is 915. The van der Waals surface area contributed by atoms with Crippen molar-refractivity contribution < 1.29 is 9.59 Å². The first kappa shape index (κ1) is 22.1. The van der Waals surface area contributed by atoms with Gasteiger partial charge < -0.3 is 9.80 Å². The summed E-state index contributed by atoms with van der Waals surface area (Å²) in [5.74, 6) is 0.0332. The lowest BCUT2D eigenvalue weighted by Crippen LogP contribution is -2.52. The van der Waals surface area contributed by atoms with Gasteiger partial charge in [0.1, 0.15) is 0 Å². The Morgan fingerprint density at radius 1 is 1.03 bits per heavy atom. The number of piperazine rings is 1. The van der Waals surface area contributed by atoms with Crippen LogP contribution >= 0.6 is 39.1 Å². The van der Waals surface area contributed by atoms with Gasteiger partial charge in [0.05, 0.1) is 16.1 Å². The smallest absolute Gasteiger partial charge is 0.254 e. The number of alkyl halides is 1. The van der Waals surface area contributed by atoms with Crippen LogP contribution in [0.3, 0.4) is 0 Å². The highest BCUT2D eigenvalue weighted by atomic mass is 79.9. The quantitative estimate of drug-likeness (QED) is 0.529. The molecule has 1 fully saturated rings. The fraction of sp³-hybridized carbons (Fsp3) is 0.364. The van der Waals surface area contributed by atoms with Crippen molar-refractivity contribution in [1.29, 1.82) is 0 Å². The Kier molecular flexibility index (Phi) is 7.25. The topological polar surface area (TPSA) is 40.6 Å². The maximum Gasteiger partial charge on any atom is 0.254 e. The fourth-order valence-corrected chi connectivity index (χ4v) is 4.42. The van der Waals surface area contributed by atoms with Crippen LogP contribution in [0.2, 0.25) is 10.0 Å². The van der Waals surface area contributed by atoms with Crippen molar-refractivity contribution in [3.8, 4) is 0 Å². The summed E-state index contributed by atoms with van der Waals surface area (Å²) >= 11 is 15.6. The zero-order valence-electron chi connectivity index (χ0n) is 16.4. The number of carbonyl (C=O) groups excluding carboxylic acids is 2. The highest BCUT2D eigenvalue weighted by Gasteiger charge is 2.33. The van der Waals surface area contributed by atoms with E-state index >= 15 is 0 Å². The second-order valence-corrected chi connectivity index (χ2v) is 8.95. The molecule has 1 aliphatic heterocycles. The van der Waals surface area contributed by atoms with Crippen molar-refractivity contribution >= 4 is 50.9 Å². The molecule has 29 heavy (non-hydrogen) atoms. The minimum atomic E-state index is -0.264. The summed E-state index contributed by atoms with van der Waals surface area (Å²) in [6.07, 6.45) is 0.406. The lowest BCUT2D eigenvalue weighted by Gasteiger charge is -2.42. The number of hydrogen-bond donors (Lipinski definition) is 0. The summed E-state index contributed by atoms with van der Waals surface area (Å²) in [7, 11) is 0. The highest BCUT2D eigenvalue weighted by Crippen LogP contribution is 2.32. The number of nitrogens with zero attached hydrogens (tertiary/aromatic N) is 2. The van der Waals surface area contributed by atoms with Crippen LogP contribution in [0.4, 0.5) is 0 Å². The number of halogens is 3. The van der Waals surface area contributed by atoms with Crippen LogP contribution in [-0.2, 0) is 4.79 Å². The molecule has 1 saturated heterocycles. The minimum Gasteiger partial charge on any atom is -0.334 e. The predicted molar refractivity (Wildman–Crippen MR) is 121 cm³/mol. The van der Waals surface area contributed by atoms with Gasteiger partial charge in [-0.2, -0.15) is 0 Å². The second-order valence-electron chi connectivity index (χ2n) is 7.34. The van der Waals surface area contributed by atoms with E-state index in [-0.39, 0.29) is 17.9 Å². The van der Waals surface area contributed by atoms with Gasteiger partial charge >= 0.3 is 0 Å². The van der Waals surface area contributed by atoms with Crippen LogP contribution in [0.25, 0.3) is 0 Å². The van der Waals surface area contributed by atoms with Crippen molar-refractivity contribution in [2.75, 3.05) is 25.0 Å². The van der Waals surface area contributed by atoms with Crippen molar-refractivity contribution in [1.82, 2.24) is 9.80 Å². The zero-order valence-corrected chi connectivity index (χ0v) is 19.5. The molecule has 2 aromatic rings. The van der Waals surface area contributed by atoms with Crippen molar-refractivity contribution in [3.05, 3.63) is 68.7 Å². The van der Waals surface area contributed by atoms with Gasteiger partial charge in [-0.3, -0.25) is 9.59 Å². The van der Waals surface area contributed by atoms with Gasteiger partial charge in [0, 0.05) is 36.9 Å². The molecule has 0 aliphatic carbocycles. The molecule has 1 heterocycles. The van der Waals surface area contributed by atoms with Gasteiger partial charge in [-0.1, -0.05) is 62.4 Å². The van der Waals surface area contributed by atoms with Gasteiger partial charge in [-0.05, 0) is 43.7 Å². The first-order chi connectivity index (χ1) is 13.8. The Hall–Kier alpha value is -1.56. The number of aryl methyl sites for hydroxylation is 2. The van der Waals surface area contributed by atoms with Crippen molar-refractivity contribution in [2.24, 2.45) is 0 Å².